The molecule has 1 atom stereocenters. The highest BCUT2D eigenvalue weighted by Gasteiger charge is 2.34. The van der Waals surface area contributed by atoms with Crippen molar-refractivity contribution in [3.05, 3.63) is 54.1 Å². The van der Waals surface area contributed by atoms with Gasteiger partial charge in [0.1, 0.15) is 0 Å². The molecule has 152 valence electrons. The van der Waals surface area contributed by atoms with Crippen LogP contribution in [0.1, 0.15) is 12.0 Å². The number of carbonyl (C=O) groups excluding carboxylic acids is 1. The number of hydrogen-bond acceptors (Lipinski definition) is 6. The number of oxime groups is 1. The minimum Gasteiger partial charge on any atom is -0.493 e. The van der Waals surface area contributed by atoms with Gasteiger partial charge in [0.25, 0.3) is 5.91 Å². The summed E-state index contributed by atoms with van der Waals surface area (Å²) in [5.74, 6) is 1.27. The number of hydrogen-bond donors (Lipinski definition) is 0. The number of para-hydroxylation sites is 1. The van der Waals surface area contributed by atoms with Crippen LogP contribution in [0.3, 0.4) is 0 Å². The van der Waals surface area contributed by atoms with Crippen LogP contribution in [0.2, 0.25) is 0 Å². The van der Waals surface area contributed by atoms with Crippen molar-refractivity contribution in [3.8, 4) is 11.5 Å². The fraction of sp³-hybridized carbons (Fsp3) is 0.364. The molecule has 2 aliphatic rings. The fourth-order valence-electron chi connectivity index (χ4n) is 3.72. The predicted octanol–water partition coefficient (Wildman–Crippen LogP) is 2.55. The SMILES string of the molecule is COc1ccc(C2=NO[C@@H](C(=O)N3CCN(c4ccccc4)CC3)C2)cc1OC. The van der Waals surface area contributed by atoms with E-state index in [0.717, 1.165) is 24.4 Å². The van der Waals surface area contributed by atoms with E-state index >= 15 is 0 Å². The minimum atomic E-state index is -0.568. The fourth-order valence-corrected chi connectivity index (χ4v) is 3.72. The maximum Gasteiger partial charge on any atom is 0.267 e. The molecule has 0 spiro atoms. The van der Waals surface area contributed by atoms with Crippen LogP contribution in [0, 0.1) is 0 Å². The second kappa shape index (κ2) is 8.43. The Morgan fingerprint density at radius 3 is 2.41 bits per heavy atom. The van der Waals surface area contributed by atoms with Crippen molar-refractivity contribution < 1.29 is 19.1 Å². The third-order valence-corrected chi connectivity index (χ3v) is 5.37. The van der Waals surface area contributed by atoms with Gasteiger partial charge in [0.05, 0.1) is 19.9 Å². The van der Waals surface area contributed by atoms with Crippen LogP contribution >= 0.6 is 0 Å². The summed E-state index contributed by atoms with van der Waals surface area (Å²) in [4.78, 5) is 22.6. The highest BCUT2D eigenvalue weighted by molar-refractivity contribution is 6.04. The molecule has 2 aromatic carbocycles. The number of ether oxygens (including phenoxy) is 2. The van der Waals surface area contributed by atoms with E-state index in [0.29, 0.717) is 31.0 Å². The summed E-state index contributed by atoms with van der Waals surface area (Å²) in [6, 6.07) is 15.9. The Balaban J connectivity index is 1.35. The average Bonchev–Trinajstić information content (AvgIpc) is 3.29. The van der Waals surface area contributed by atoms with Gasteiger partial charge >= 0.3 is 0 Å². The highest BCUT2D eigenvalue weighted by atomic mass is 16.6. The molecule has 0 radical (unpaired) electrons. The van der Waals surface area contributed by atoms with Gasteiger partial charge in [0.2, 0.25) is 6.10 Å². The number of piperazine rings is 1. The lowest BCUT2D eigenvalue weighted by Crippen LogP contribution is -2.51. The van der Waals surface area contributed by atoms with Gasteiger partial charge in [-0.1, -0.05) is 23.4 Å². The van der Waals surface area contributed by atoms with Crippen LogP contribution in [0.4, 0.5) is 5.69 Å². The third-order valence-electron chi connectivity index (χ3n) is 5.37. The van der Waals surface area contributed by atoms with E-state index in [9.17, 15) is 4.79 Å². The largest absolute Gasteiger partial charge is 0.493 e. The molecule has 2 heterocycles. The molecule has 0 saturated carbocycles. The summed E-state index contributed by atoms with van der Waals surface area (Å²) in [7, 11) is 3.19. The van der Waals surface area contributed by atoms with Gasteiger partial charge in [-0.15, -0.1) is 0 Å². The summed E-state index contributed by atoms with van der Waals surface area (Å²) < 4.78 is 10.6. The van der Waals surface area contributed by atoms with E-state index in [2.05, 4.69) is 22.2 Å². The Kier molecular flexibility index (Phi) is 5.55. The highest BCUT2D eigenvalue weighted by Crippen LogP contribution is 2.30. The lowest BCUT2D eigenvalue weighted by Gasteiger charge is -2.36. The zero-order valence-electron chi connectivity index (χ0n) is 16.7. The van der Waals surface area contributed by atoms with Crippen LogP contribution in [0.25, 0.3) is 0 Å². The Morgan fingerprint density at radius 2 is 1.72 bits per heavy atom. The van der Waals surface area contributed by atoms with Crippen molar-refractivity contribution in [2.75, 3.05) is 45.3 Å². The predicted molar refractivity (Wildman–Crippen MR) is 111 cm³/mol. The number of nitrogens with zero attached hydrogens (tertiary/aromatic N) is 3. The quantitative estimate of drug-likeness (QED) is 0.779. The maximum atomic E-state index is 12.9. The summed E-state index contributed by atoms with van der Waals surface area (Å²) in [5.41, 5.74) is 2.80. The second-order valence-electron chi connectivity index (χ2n) is 7.05. The van der Waals surface area contributed by atoms with Crippen molar-refractivity contribution in [2.24, 2.45) is 5.16 Å². The summed E-state index contributed by atoms with van der Waals surface area (Å²) >= 11 is 0. The first-order valence-corrected chi connectivity index (χ1v) is 9.73. The molecular formula is C22H25N3O4. The Bertz CT molecular complexity index is 892. The molecule has 0 aromatic heterocycles. The van der Waals surface area contributed by atoms with Crippen LogP contribution < -0.4 is 14.4 Å². The van der Waals surface area contributed by atoms with Crippen LogP contribution in [-0.2, 0) is 9.63 Å². The smallest absolute Gasteiger partial charge is 0.267 e. The Hall–Kier alpha value is -3.22. The summed E-state index contributed by atoms with van der Waals surface area (Å²) in [6.45, 7) is 2.98. The first-order valence-electron chi connectivity index (χ1n) is 9.73. The molecule has 0 aliphatic carbocycles. The number of methoxy groups -OCH3 is 2. The van der Waals surface area contributed by atoms with E-state index in [-0.39, 0.29) is 5.91 Å². The molecule has 2 aliphatic heterocycles. The van der Waals surface area contributed by atoms with E-state index in [4.69, 9.17) is 14.3 Å². The monoisotopic (exact) mass is 395 g/mol. The van der Waals surface area contributed by atoms with Gasteiger partial charge in [-0.25, -0.2) is 0 Å². The molecule has 1 fully saturated rings. The molecule has 7 nitrogen and oxygen atoms in total. The lowest BCUT2D eigenvalue weighted by molar-refractivity contribution is -0.142. The Labute approximate surface area is 170 Å². The van der Waals surface area contributed by atoms with Crippen molar-refractivity contribution >= 4 is 17.3 Å². The van der Waals surface area contributed by atoms with Gasteiger partial charge in [0, 0.05) is 43.9 Å². The zero-order chi connectivity index (χ0) is 20.2. The van der Waals surface area contributed by atoms with Crippen molar-refractivity contribution in [3.63, 3.8) is 0 Å². The topological polar surface area (TPSA) is 63.6 Å². The molecular weight excluding hydrogens is 370 g/mol. The molecule has 7 heteroatoms. The normalized spacial score (nSPS) is 18.8. The van der Waals surface area contributed by atoms with E-state index in [1.54, 1.807) is 14.2 Å². The van der Waals surface area contributed by atoms with E-state index in [1.165, 1.54) is 5.69 Å². The average molecular weight is 395 g/mol. The molecule has 1 saturated heterocycles. The number of anilines is 1. The summed E-state index contributed by atoms with van der Waals surface area (Å²) in [6.07, 6.45) is -0.117. The molecule has 0 unspecified atom stereocenters. The van der Waals surface area contributed by atoms with Crippen LogP contribution in [0.15, 0.2) is 53.7 Å². The second-order valence-corrected chi connectivity index (χ2v) is 7.05. The maximum absolute atomic E-state index is 12.9. The number of amides is 1. The lowest BCUT2D eigenvalue weighted by atomic mass is 10.0. The standard InChI is InChI=1S/C22H25N3O4/c1-27-19-9-8-16(14-20(19)28-2)18-15-21(29-23-18)22(26)25-12-10-24(11-13-25)17-6-4-3-5-7-17/h3-9,14,21H,10-13,15H2,1-2H3/t21-/m1/s1. The zero-order valence-corrected chi connectivity index (χ0v) is 16.7. The molecule has 1 amide bonds. The molecule has 4 rings (SSSR count). The van der Waals surface area contributed by atoms with Crippen LogP contribution in [0.5, 0.6) is 11.5 Å². The number of rotatable bonds is 5. The first-order chi connectivity index (χ1) is 14.2. The number of carbonyl (C=O) groups is 1. The van der Waals surface area contributed by atoms with Gasteiger partial charge in [0.15, 0.2) is 11.5 Å². The molecule has 0 bridgehead atoms. The van der Waals surface area contributed by atoms with Crippen molar-refractivity contribution in [2.45, 2.75) is 12.5 Å². The number of benzene rings is 2. The van der Waals surface area contributed by atoms with E-state index < -0.39 is 6.10 Å². The van der Waals surface area contributed by atoms with Gasteiger partial charge in [-0.2, -0.15) is 0 Å². The molecule has 0 N–H and O–H groups in total. The van der Waals surface area contributed by atoms with Crippen molar-refractivity contribution in [1.82, 2.24) is 4.90 Å². The van der Waals surface area contributed by atoms with Crippen LogP contribution in [-0.4, -0.2) is 63.0 Å². The van der Waals surface area contributed by atoms with Crippen molar-refractivity contribution in [1.29, 1.82) is 0 Å². The van der Waals surface area contributed by atoms with Gasteiger partial charge in [-0.3, -0.25) is 4.79 Å². The minimum absolute atomic E-state index is 0.00283. The van der Waals surface area contributed by atoms with E-state index in [1.807, 2.05) is 41.3 Å². The van der Waals surface area contributed by atoms with Gasteiger partial charge < -0.3 is 24.1 Å². The molecule has 29 heavy (non-hydrogen) atoms. The third kappa shape index (κ3) is 3.99. The first kappa shape index (κ1) is 19.1. The summed E-state index contributed by atoms with van der Waals surface area (Å²) in [5, 5.41) is 4.16. The Morgan fingerprint density at radius 1 is 1.00 bits per heavy atom. The van der Waals surface area contributed by atoms with Gasteiger partial charge in [-0.05, 0) is 30.3 Å². The molecule has 2 aromatic rings.